The summed E-state index contributed by atoms with van der Waals surface area (Å²) < 4.78 is 2.11. The molecular weight excluding hydrogens is 150 g/mol. The van der Waals surface area contributed by atoms with Crippen molar-refractivity contribution in [3.8, 4) is 5.75 Å². The normalized spacial score (nSPS) is 10.8. The summed E-state index contributed by atoms with van der Waals surface area (Å²) in [4.78, 5) is 0. The quantitative estimate of drug-likeness (QED) is 0.682. The van der Waals surface area contributed by atoms with E-state index in [4.69, 9.17) is 0 Å². The van der Waals surface area contributed by atoms with Gasteiger partial charge in [-0.1, -0.05) is 0 Å². The first kappa shape index (κ1) is 7.22. The zero-order valence-electron chi connectivity index (χ0n) is 6.99. The molecule has 1 N–H and O–H groups in total. The number of rotatable bonds is 1. The molecule has 0 aliphatic heterocycles. The molecule has 62 valence electrons. The number of phenolic OH excluding ortho intramolecular Hbond substituents is 1. The summed E-state index contributed by atoms with van der Waals surface area (Å²) in [5, 5.41) is 10.4. The minimum atomic E-state index is 0.330. The van der Waals surface area contributed by atoms with Crippen LogP contribution < -0.4 is 0 Å². The molecule has 0 aliphatic carbocycles. The summed E-state index contributed by atoms with van der Waals surface area (Å²) in [5.74, 6) is 0.330. The van der Waals surface area contributed by atoms with Gasteiger partial charge < -0.3 is 9.67 Å². The van der Waals surface area contributed by atoms with Gasteiger partial charge in [0, 0.05) is 18.8 Å². The number of aromatic nitrogens is 1. The van der Waals surface area contributed by atoms with Crippen molar-refractivity contribution >= 4 is 10.9 Å². The fourth-order valence-corrected chi connectivity index (χ4v) is 1.45. The van der Waals surface area contributed by atoms with E-state index in [0.717, 1.165) is 12.1 Å². The Kier molecular flexibility index (Phi) is 1.54. The second-order valence-electron chi connectivity index (χ2n) is 2.84. The molecule has 0 unspecified atom stereocenters. The molecule has 0 saturated heterocycles. The van der Waals surface area contributed by atoms with Gasteiger partial charge in [0.2, 0.25) is 0 Å². The molecular formula is C10H11NO. The third-order valence-electron chi connectivity index (χ3n) is 2.10. The van der Waals surface area contributed by atoms with Crippen LogP contribution in [0.25, 0.3) is 10.9 Å². The molecule has 1 heterocycles. The summed E-state index contributed by atoms with van der Waals surface area (Å²) in [7, 11) is 0. The van der Waals surface area contributed by atoms with E-state index < -0.39 is 0 Å². The average Bonchev–Trinajstić information content (AvgIpc) is 2.46. The molecule has 0 radical (unpaired) electrons. The summed E-state index contributed by atoms with van der Waals surface area (Å²) >= 11 is 0. The van der Waals surface area contributed by atoms with Crippen LogP contribution in [0.1, 0.15) is 6.92 Å². The van der Waals surface area contributed by atoms with Gasteiger partial charge in [0.15, 0.2) is 0 Å². The Bertz CT molecular complexity index is 403. The number of phenols is 1. The highest BCUT2D eigenvalue weighted by Crippen LogP contribution is 2.20. The second-order valence-corrected chi connectivity index (χ2v) is 2.84. The number of hydrogen-bond donors (Lipinski definition) is 1. The van der Waals surface area contributed by atoms with Crippen molar-refractivity contribution in [2.75, 3.05) is 0 Å². The number of benzene rings is 1. The molecule has 1 aromatic carbocycles. The van der Waals surface area contributed by atoms with Crippen molar-refractivity contribution in [1.82, 2.24) is 4.57 Å². The Morgan fingerprint density at radius 2 is 2.17 bits per heavy atom. The van der Waals surface area contributed by atoms with E-state index in [1.807, 2.05) is 12.3 Å². The Labute approximate surface area is 71.1 Å². The van der Waals surface area contributed by atoms with E-state index in [1.54, 1.807) is 12.1 Å². The van der Waals surface area contributed by atoms with Gasteiger partial charge >= 0.3 is 0 Å². The molecule has 1 aromatic heterocycles. The Morgan fingerprint density at radius 3 is 2.92 bits per heavy atom. The average molecular weight is 161 g/mol. The molecule has 2 nitrogen and oxygen atoms in total. The molecule has 0 saturated carbocycles. The van der Waals surface area contributed by atoms with Crippen molar-refractivity contribution in [3.63, 3.8) is 0 Å². The maximum absolute atomic E-state index is 9.26. The SMILES string of the molecule is CCn1ccc2ccc(O)cc21. The maximum Gasteiger partial charge on any atom is 0.117 e. The van der Waals surface area contributed by atoms with Crippen LogP contribution >= 0.6 is 0 Å². The van der Waals surface area contributed by atoms with Gasteiger partial charge in [-0.3, -0.25) is 0 Å². The van der Waals surface area contributed by atoms with Gasteiger partial charge in [-0.2, -0.15) is 0 Å². The number of fused-ring (bicyclic) bond motifs is 1. The van der Waals surface area contributed by atoms with Crippen molar-refractivity contribution in [3.05, 3.63) is 30.5 Å². The Hall–Kier alpha value is -1.44. The fourth-order valence-electron chi connectivity index (χ4n) is 1.45. The highest BCUT2D eigenvalue weighted by atomic mass is 16.3. The van der Waals surface area contributed by atoms with Crippen LogP contribution in [0.3, 0.4) is 0 Å². The van der Waals surface area contributed by atoms with Gasteiger partial charge in [-0.15, -0.1) is 0 Å². The van der Waals surface area contributed by atoms with E-state index in [1.165, 1.54) is 5.39 Å². The van der Waals surface area contributed by atoms with E-state index in [2.05, 4.69) is 17.6 Å². The molecule has 0 atom stereocenters. The molecule has 0 aliphatic rings. The minimum Gasteiger partial charge on any atom is -0.508 e. The van der Waals surface area contributed by atoms with Crippen molar-refractivity contribution in [2.24, 2.45) is 0 Å². The van der Waals surface area contributed by atoms with E-state index >= 15 is 0 Å². The van der Waals surface area contributed by atoms with Crippen LogP contribution in [-0.4, -0.2) is 9.67 Å². The predicted octanol–water partition coefficient (Wildman–Crippen LogP) is 2.37. The lowest BCUT2D eigenvalue weighted by Crippen LogP contribution is -1.89. The van der Waals surface area contributed by atoms with Crippen molar-refractivity contribution in [1.29, 1.82) is 0 Å². The molecule has 0 amide bonds. The highest BCUT2D eigenvalue weighted by molar-refractivity contribution is 5.81. The molecule has 0 spiro atoms. The van der Waals surface area contributed by atoms with E-state index in [-0.39, 0.29) is 0 Å². The lowest BCUT2D eigenvalue weighted by molar-refractivity contribution is 0.476. The van der Waals surface area contributed by atoms with E-state index in [9.17, 15) is 5.11 Å². The Morgan fingerprint density at radius 1 is 1.33 bits per heavy atom. The van der Waals surface area contributed by atoms with Crippen LogP contribution in [0.2, 0.25) is 0 Å². The number of aromatic hydroxyl groups is 1. The van der Waals surface area contributed by atoms with Crippen LogP contribution in [0.4, 0.5) is 0 Å². The molecule has 2 aromatic rings. The largest absolute Gasteiger partial charge is 0.508 e. The van der Waals surface area contributed by atoms with Crippen LogP contribution in [0.15, 0.2) is 30.5 Å². The van der Waals surface area contributed by atoms with E-state index in [0.29, 0.717) is 5.75 Å². The lowest BCUT2D eigenvalue weighted by Gasteiger charge is -1.99. The zero-order chi connectivity index (χ0) is 8.55. The molecule has 12 heavy (non-hydrogen) atoms. The van der Waals surface area contributed by atoms with Gasteiger partial charge in [-0.25, -0.2) is 0 Å². The van der Waals surface area contributed by atoms with Crippen LogP contribution in [-0.2, 0) is 6.54 Å². The summed E-state index contributed by atoms with van der Waals surface area (Å²) in [6.07, 6.45) is 2.03. The highest BCUT2D eigenvalue weighted by Gasteiger charge is 1.98. The zero-order valence-corrected chi connectivity index (χ0v) is 6.99. The Balaban J connectivity index is 2.75. The van der Waals surface area contributed by atoms with Gasteiger partial charge in [0.05, 0.1) is 5.52 Å². The fraction of sp³-hybridized carbons (Fsp3) is 0.200. The number of hydrogen-bond acceptors (Lipinski definition) is 1. The first-order valence-electron chi connectivity index (χ1n) is 4.09. The maximum atomic E-state index is 9.26. The van der Waals surface area contributed by atoms with Crippen molar-refractivity contribution < 1.29 is 5.11 Å². The number of aryl methyl sites for hydroxylation is 1. The molecule has 2 heteroatoms. The third-order valence-corrected chi connectivity index (χ3v) is 2.10. The smallest absolute Gasteiger partial charge is 0.117 e. The van der Waals surface area contributed by atoms with Crippen LogP contribution in [0, 0.1) is 0 Å². The first-order chi connectivity index (χ1) is 5.81. The standard InChI is InChI=1S/C10H11NO/c1-2-11-6-5-8-3-4-9(12)7-10(8)11/h3-7,12H,2H2,1H3. The molecule has 0 fully saturated rings. The van der Waals surface area contributed by atoms with Gasteiger partial charge in [0.1, 0.15) is 5.75 Å². The first-order valence-corrected chi connectivity index (χ1v) is 4.09. The van der Waals surface area contributed by atoms with Gasteiger partial charge in [-0.05, 0) is 30.5 Å². The topological polar surface area (TPSA) is 25.2 Å². The minimum absolute atomic E-state index is 0.330. The van der Waals surface area contributed by atoms with Gasteiger partial charge in [0.25, 0.3) is 0 Å². The lowest BCUT2D eigenvalue weighted by atomic mass is 10.2. The molecule has 2 rings (SSSR count). The second kappa shape index (κ2) is 2.55. The van der Waals surface area contributed by atoms with Crippen LogP contribution in [0.5, 0.6) is 5.75 Å². The molecule has 0 bridgehead atoms. The summed E-state index contributed by atoms with van der Waals surface area (Å²) in [6, 6.07) is 7.48. The van der Waals surface area contributed by atoms with Crippen molar-refractivity contribution in [2.45, 2.75) is 13.5 Å². The monoisotopic (exact) mass is 161 g/mol. The third kappa shape index (κ3) is 0.961. The predicted molar refractivity (Wildman–Crippen MR) is 49.3 cm³/mol. The summed E-state index contributed by atoms with van der Waals surface area (Å²) in [5.41, 5.74) is 1.09. The summed E-state index contributed by atoms with van der Waals surface area (Å²) in [6.45, 7) is 3.02. The number of nitrogens with zero attached hydrogens (tertiary/aromatic N) is 1.